The predicted octanol–water partition coefficient (Wildman–Crippen LogP) is 7.99. The number of rotatable bonds is 10. The molecule has 0 saturated carbocycles. The van der Waals surface area contributed by atoms with Crippen molar-refractivity contribution in [2.24, 2.45) is 0 Å². The summed E-state index contributed by atoms with van der Waals surface area (Å²) in [6.07, 6.45) is 1.98. The van der Waals surface area contributed by atoms with E-state index in [1.54, 1.807) is 48.5 Å². The lowest BCUT2D eigenvalue weighted by Crippen LogP contribution is -2.20. The van der Waals surface area contributed by atoms with Gasteiger partial charge in [-0.2, -0.15) is 0 Å². The molecule has 194 valence electrons. The van der Waals surface area contributed by atoms with Crippen LogP contribution in [0.25, 0.3) is 0 Å². The first kappa shape index (κ1) is 27.1. The van der Waals surface area contributed by atoms with E-state index in [9.17, 15) is 14.7 Å². The van der Waals surface area contributed by atoms with Gasteiger partial charge in [0.1, 0.15) is 23.0 Å². The third-order valence-electron chi connectivity index (χ3n) is 6.06. The topological polar surface area (TPSA) is 82.1 Å². The quantitative estimate of drug-likeness (QED) is 0.252. The van der Waals surface area contributed by atoms with Crippen molar-refractivity contribution in [3.05, 3.63) is 80.3 Å². The second kappa shape index (κ2) is 12.1. The molecule has 0 saturated heterocycles. The number of fused-ring (bicyclic) bond motifs is 1. The van der Waals surface area contributed by atoms with Crippen LogP contribution in [0.1, 0.15) is 53.6 Å². The van der Waals surface area contributed by atoms with Crippen molar-refractivity contribution in [1.29, 1.82) is 0 Å². The molecule has 0 bridgehead atoms. The highest BCUT2D eigenvalue weighted by Crippen LogP contribution is 2.42. The van der Waals surface area contributed by atoms with Gasteiger partial charge in [0.15, 0.2) is 5.78 Å². The van der Waals surface area contributed by atoms with Gasteiger partial charge in [-0.1, -0.05) is 34.8 Å². The van der Waals surface area contributed by atoms with Crippen molar-refractivity contribution < 1.29 is 28.9 Å². The van der Waals surface area contributed by atoms with E-state index < -0.39 is 11.9 Å². The molecule has 37 heavy (non-hydrogen) atoms. The molecule has 1 unspecified atom stereocenters. The van der Waals surface area contributed by atoms with Crippen molar-refractivity contribution in [3.8, 4) is 23.0 Å². The number of carboxylic acids is 1. The van der Waals surface area contributed by atoms with Crippen molar-refractivity contribution in [1.82, 2.24) is 0 Å². The third kappa shape index (κ3) is 6.50. The van der Waals surface area contributed by atoms with Gasteiger partial charge < -0.3 is 19.3 Å². The lowest BCUT2D eigenvalue weighted by atomic mass is 9.93. The lowest BCUT2D eigenvalue weighted by Gasteiger charge is -2.24. The number of aryl methyl sites for hydroxylation is 1. The van der Waals surface area contributed by atoms with Crippen molar-refractivity contribution in [2.45, 2.75) is 38.5 Å². The van der Waals surface area contributed by atoms with Crippen LogP contribution in [0.3, 0.4) is 0 Å². The van der Waals surface area contributed by atoms with Gasteiger partial charge in [-0.15, -0.1) is 0 Å². The maximum Gasteiger partial charge on any atom is 0.311 e. The molecule has 3 aromatic rings. The van der Waals surface area contributed by atoms with E-state index in [-0.39, 0.29) is 10.8 Å². The molecule has 0 aromatic heterocycles. The van der Waals surface area contributed by atoms with Gasteiger partial charge in [0.05, 0.1) is 34.2 Å². The number of halogens is 3. The molecular formula is C28H25Cl3O6. The van der Waals surface area contributed by atoms with E-state index >= 15 is 0 Å². The Kier molecular flexibility index (Phi) is 8.85. The monoisotopic (exact) mass is 562 g/mol. The fraction of sp³-hybridized carbons (Fsp3) is 0.286. The fourth-order valence-corrected chi connectivity index (χ4v) is 4.75. The smallest absolute Gasteiger partial charge is 0.311 e. The highest BCUT2D eigenvalue weighted by molar-refractivity contribution is 6.42. The lowest BCUT2D eigenvalue weighted by molar-refractivity contribution is -0.139. The molecule has 1 N–H and O–H groups in total. The van der Waals surface area contributed by atoms with E-state index in [1.807, 2.05) is 6.92 Å². The highest BCUT2D eigenvalue weighted by atomic mass is 35.5. The zero-order chi connectivity index (χ0) is 26.5. The van der Waals surface area contributed by atoms with Crippen molar-refractivity contribution >= 4 is 46.6 Å². The number of ketones is 1. The first-order valence-corrected chi connectivity index (χ1v) is 13.0. The first-order valence-electron chi connectivity index (χ1n) is 11.9. The van der Waals surface area contributed by atoms with E-state index in [0.29, 0.717) is 83.1 Å². The largest absolute Gasteiger partial charge is 0.494 e. The summed E-state index contributed by atoms with van der Waals surface area (Å²) in [7, 11) is 0. The van der Waals surface area contributed by atoms with E-state index in [0.717, 1.165) is 5.56 Å². The van der Waals surface area contributed by atoms with Crippen LogP contribution >= 0.6 is 34.8 Å². The summed E-state index contributed by atoms with van der Waals surface area (Å²) in [5.41, 5.74) is 2.01. The molecule has 0 spiro atoms. The number of benzene rings is 3. The Morgan fingerprint density at radius 1 is 1.00 bits per heavy atom. The molecule has 1 aliphatic rings. The SMILES string of the molecule is CCOc1cc(Cl)c(Cl)cc1CCCC(=O)c1ccc(Oc2cc3c(cc2Cl)C(C(=O)O)CCO3)cc1. The number of Topliss-reactive ketones (excluding diaryl/α,β-unsaturated/α-hetero) is 1. The Bertz CT molecular complexity index is 1310. The normalized spacial score (nSPS) is 14.4. The number of carbonyl (C=O) groups excluding carboxylic acids is 1. The van der Waals surface area contributed by atoms with Crippen LogP contribution < -0.4 is 14.2 Å². The van der Waals surface area contributed by atoms with Gasteiger partial charge in [-0.3, -0.25) is 9.59 Å². The highest BCUT2D eigenvalue weighted by Gasteiger charge is 2.29. The second-order valence-corrected chi connectivity index (χ2v) is 9.78. The van der Waals surface area contributed by atoms with E-state index in [2.05, 4.69) is 0 Å². The summed E-state index contributed by atoms with van der Waals surface area (Å²) >= 11 is 18.6. The third-order valence-corrected chi connectivity index (χ3v) is 7.08. The molecular weight excluding hydrogens is 539 g/mol. The zero-order valence-electron chi connectivity index (χ0n) is 20.1. The number of aliphatic carboxylic acids is 1. The summed E-state index contributed by atoms with van der Waals surface area (Å²) in [6, 6.07) is 13.4. The fourth-order valence-electron chi connectivity index (χ4n) is 4.20. The number of hydrogen-bond donors (Lipinski definition) is 1. The Labute approximate surface area is 230 Å². The van der Waals surface area contributed by atoms with Gasteiger partial charge in [0, 0.05) is 29.7 Å². The van der Waals surface area contributed by atoms with Crippen LogP contribution in [-0.4, -0.2) is 30.1 Å². The molecule has 1 aliphatic heterocycles. The van der Waals surface area contributed by atoms with Crippen LogP contribution in [-0.2, 0) is 11.2 Å². The standard InChI is InChI=1S/C28H25Cl3O6/c1-2-35-25-14-22(30)21(29)12-17(25)4-3-5-24(32)16-6-8-18(9-7-16)37-27-15-26-20(13-23(27)31)19(28(33)34)10-11-36-26/h6-9,12-15,19H,2-5,10-11H2,1H3,(H,33,34). The van der Waals surface area contributed by atoms with Crippen LogP contribution in [0.2, 0.25) is 15.1 Å². The Morgan fingerprint density at radius 3 is 2.43 bits per heavy atom. The van der Waals surface area contributed by atoms with Crippen molar-refractivity contribution in [2.75, 3.05) is 13.2 Å². The van der Waals surface area contributed by atoms with Gasteiger partial charge in [0.25, 0.3) is 0 Å². The molecule has 4 rings (SSSR count). The number of carboxylic acid groups (broad SMARTS) is 1. The molecule has 1 heterocycles. The maximum absolute atomic E-state index is 12.7. The summed E-state index contributed by atoms with van der Waals surface area (Å²) in [5, 5.41) is 10.6. The number of ether oxygens (including phenoxy) is 3. The van der Waals surface area contributed by atoms with Crippen LogP contribution in [0.5, 0.6) is 23.0 Å². The van der Waals surface area contributed by atoms with E-state index in [1.165, 1.54) is 0 Å². The maximum atomic E-state index is 12.7. The molecule has 0 radical (unpaired) electrons. The van der Waals surface area contributed by atoms with Crippen LogP contribution in [0, 0.1) is 0 Å². The van der Waals surface area contributed by atoms with Gasteiger partial charge in [-0.25, -0.2) is 0 Å². The minimum Gasteiger partial charge on any atom is -0.494 e. The zero-order valence-corrected chi connectivity index (χ0v) is 22.3. The van der Waals surface area contributed by atoms with E-state index in [4.69, 9.17) is 49.0 Å². The summed E-state index contributed by atoms with van der Waals surface area (Å²) < 4.78 is 17.2. The molecule has 0 fully saturated rings. The molecule has 6 nitrogen and oxygen atoms in total. The number of carbonyl (C=O) groups is 2. The molecule has 0 amide bonds. The average molecular weight is 564 g/mol. The minimum atomic E-state index is -0.916. The molecule has 3 aromatic carbocycles. The van der Waals surface area contributed by atoms with Gasteiger partial charge in [0.2, 0.25) is 0 Å². The van der Waals surface area contributed by atoms with Gasteiger partial charge in [-0.05, 0) is 68.1 Å². The van der Waals surface area contributed by atoms with Gasteiger partial charge >= 0.3 is 5.97 Å². The second-order valence-electron chi connectivity index (χ2n) is 8.56. The first-order chi connectivity index (χ1) is 17.8. The Morgan fingerprint density at radius 2 is 1.73 bits per heavy atom. The number of hydrogen-bond acceptors (Lipinski definition) is 5. The average Bonchev–Trinajstić information content (AvgIpc) is 2.87. The molecule has 9 heteroatoms. The summed E-state index contributed by atoms with van der Waals surface area (Å²) in [5.74, 6) is 0.377. The predicted molar refractivity (Wildman–Crippen MR) is 143 cm³/mol. The Hall–Kier alpha value is -2.93. The minimum absolute atomic E-state index is 0.00416. The van der Waals surface area contributed by atoms with Crippen LogP contribution in [0.15, 0.2) is 48.5 Å². The van der Waals surface area contributed by atoms with Crippen molar-refractivity contribution in [3.63, 3.8) is 0 Å². The summed E-state index contributed by atoms with van der Waals surface area (Å²) in [4.78, 5) is 24.3. The van der Waals surface area contributed by atoms with Crippen LogP contribution in [0.4, 0.5) is 0 Å². The summed E-state index contributed by atoms with van der Waals surface area (Å²) in [6.45, 7) is 2.70. The Balaban J connectivity index is 1.38. The molecule has 1 atom stereocenters. The molecule has 0 aliphatic carbocycles.